The largest absolute Gasteiger partial charge is 0.432 e. The van der Waals surface area contributed by atoms with Gasteiger partial charge in [-0.15, -0.1) is 0 Å². The van der Waals surface area contributed by atoms with Gasteiger partial charge < -0.3 is 4.74 Å². The Balaban J connectivity index is 3.04. The van der Waals surface area contributed by atoms with Gasteiger partial charge in [-0.2, -0.15) is 13.2 Å². The third-order valence-corrected chi connectivity index (χ3v) is 1.46. The molecule has 1 aromatic rings. The molecule has 0 aromatic heterocycles. The van der Waals surface area contributed by atoms with Crippen LogP contribution in [0.15, 0.2) is 12.1 Å². The second-order valence-electron chi connectivity index (χ2n) is 2.39. The van der Waals surface area contributed by atoms with E-state index in [2.05, 4.69) is 4.74 Å². The average molecular weight is 194 g/mol. The van der Waals surface area contributed by atoms with Crippen LogP contribution in [0.2, 0.25) is 0 Å². The SMILES string of the molecule is Cc1ccc(OC(F)F)c(F)c1F. The van der Waals surface area contributed by atoms with E-state index >= 15 is 0 Å². The molecule has 0 saturated carbocycles. The van der Waals surface area contributed by atoms with E-state index in [0.29, 0.717) is 0 Å². The first-order valence-corrected chi connectivity index (χ1v) is 3.41. The number of ether oxygens (including phenoxy) is 1. The number of halogens is 4. The lowest BCUT2D eigenvalue weighted by atomic mass is 10.2. The van der Waals surface area contributed by atoms with Crippen LogP contribution < -0.4 is 4.74 Å². The lowest BCUT2D eigenvalue weighted by Crippen LogP contribution is -2.05. The van der Waals surface area contributed by atoms with E-state index in [9.17, 15) is 17.6 Å². The Morgan fingerprint density at radius 3 is 2.31 bits per heavy atom. The van der Waals surface area contributed by atoms with Crippen LogP contribution in [0.3, 0.4) is 0 Å². The Labute approximate surface area is 71.9 Å². The molecule has 0 heterocycles. The van der Waals surface area contributed by atoms with Crippen molar-refractivity contribution in [3.63, 3.8) is 0 Å². The zero-order chi connectivity index (χ0) is 10.0. The fraction of sp³-hybridized carbons (Fsp3) is 0.250. The zero-order valence-electron chi connectivity index (χ0n) is 6.65. The molecule has 0 spiro atoms. The molecule has 0 fully saturated rings. The molecule has 1 aromatic carbocycles. The van der Waals surface area contributed by atoms with Gasteiger partial charge >= 0.3 is 6.61 Å². The summed E-state index contributed by atoms with van der Waals surface area (Å²) < 4.78 is 52.5. The first kappa shape index (κ1) is 9.83. The third kappa shape index (κ3) is 2.11. The predicted octanol–water partition coefficient (Wildman–Crippen LogP) is 2.87. The second-order valence-corrected chi connectivity index (χ2v) is 2.39. The van der Waals surface area contributed by atoms with Crippen LogP contribution in [0.1, 0.15) is 5.56 Å². The lowest BCUT2D eigenvalue weighted by Gasteiger charge is -2.06. The van der Waals surface area contributed by atoms with E-state index in [1.54, 1.807) is 0 Å². The molecule has 0 aliphatic rings. The van der Waals surface area contributed by atoms with E-state index in [-0.39, 0.29) is 5.56 Å². The normalized spacial score (nSPS) is 10.6. The van der Waals surface area contributed by atoms with Crippen LogP contribution in [-0.2, 0) is 0 Å². The van der Waals surface area contributed by atoms with Gasteiger partial charge in [0, 0.05) is 0 Å². The molecule has 0 bridgehead atoms. The zero-order valence-corrected chi connectivity index (χ0v) is 6.65. The Morgan fingerprint density at radius 1 is 1.15 bits per heavy atom. The smallest absolute Gasteiger partial charge is 0.387 e. The molecule has 0 amide bonds. The van der Waals surface area contributed by atoms with Gasteiger partial charge in [0.05, 0.1) is 0 Å². The van der Waals surface area contributed by atoms with Crippen LogP contribution in [0, 0.1) is 18.6 Å². The van der Waals surface area contributed by atoms with Crippen LogP contribution in [-0.4, -0.2) is 6.61 Å². The number of alkyl halides is 2. The Kier molecular flexibility index (Phi) is 2.75. The summed E-state index contributed by atoms with van der Waals surface area (Å²) in [6, 6.07) is 2.12. The van der Waals surface area contributed by atoms with Crippen LogP contribution in [0.4, 0.5) is 17.6 Å². The number of hydrogen-bond acceptors (Lipinski definition) is 1. The van der Waals surface area contributed by atoms with Gasteiger partial charge in [-0.3, -0.25) is 0 Å². The Bertz CT molecular complexity index is 311. The standard InChI is InChI=1S/C8H6F4O/c1-4-2-3-5(13-8(11)12)7(10)6(4)9/h2-3,8H,1H3. The van der Waals surface area contributed by atoms with Crippen molar-refractivity contribution in [2.45, 2.75) is 13.5 Å². The van der Waals surface area contributed by atoms with E-state index in [1.807, 2.05) is 0 Å². The molecule has 0 saturated heterocycles. The first-order chi connectivity index (χ1) is 6.02. The highest BCUT2D eigenvalue weighted by atomic mass is 19.3. The summed E-state index contributed by atoms with van der Waals surface area (Å²) in [5, 5.41) is 0. The molecule has 0 aliphatic heterocycles. The highest BCUT2D eigenvalue weighted by molar-refractivity contribution is 5.30. The van der Waals surface area contributed by atoms with Gasteiger partial charge in [-0.05, 0) is 18.6 Å². The maximum absolute atomic E-state index is 12.8. The second kappa shape index (κ2) is 3.64. The maximum Gasteiger partial charge on any atom is 0.387 e. The van der Waals surface area contributed by atoms with Gasteiger partial charge in [0.25, 0.3) is 0 Å². The number of hydrogen-bond donors (Lipinski definition) is 0. The van der Waals surface area contributed by atoms with Gasteiger partial charge in [0.15, 0.2) is 11.6 Å². The van der Waals surface area contributed by atoms with Gasteiger partial charge in [-0.1, -0.05) is 6.07 Å². The maximum atomic E-state index is 12.8. The van der Waals surface area contributed by atoms with E-state index in [0.717, 1.165) is 12.1 Å². The predicted molar refractivity (Wildman–Crippen MR) is 37.7 cm³/mol. The van der Waals surface area contributed by atoms with Crippen molar-refractivity contribution < 1.29 is 22.3 Å². The van der Waals surface area contributed by atoms with Gasteiger partial charge in [-0.25, -0.2) is 4.39 Å². The quantitative estimate of drug-likeness (QED) is 0.657. The van der Waals surface area contributed by atoms with Crippen LogP contribution in [0.25, 0.3) is 0 Å². The molecule has 0 N–H and O–H groups in total. The summed E-state index contributed by atoms with van der Waals surface area (Å²) in [5.74, 6) is -3.34. The minimum Gasteiger partial charge on any atom is -0.432 e. The minimum atomic E-state index is -3.16. The van der Waals surface area contributed by atoms with Crippen molar-refractivity contribution in [1.29, 1.82) is 0 Å². The Hall–Kier alpha value is -1.26. The minimum absolute atomic E-state index is 0.0408. The number of aryl methyl sites for hydroxylation is 1. The summed E-state index contributed by atoms with van der Waals surface area (Å²) >= 11 is 0. The molecule has 1 nitrogen and oxygen atoms in total. The van der Waals surface area contributed by atoms with Crippen LogP contribution >= 0.6 is 0 Å². The lowest BCUT2D eigenvalue weighted by molar-refractivity contribution is -0.0525. The van der Waals surface area contributed by atoms with Gasteiger partial charge in [0.1, 0.15) is 0 Å². The highest BCUT2D eigenvalue weighted by Gasteiger charge is 2.14. The summed E-state index contributed by atoms with van der Waals surface area (Å²) in [4.78, 5) is 0. The van der Waals surface area contributed by atoms with Crippen molar-refractivity contribution in [2.75, 3.05) is 0 Å². The molecular formula is C8H6F4O. The van der Waals surface area contributed by atoms with Crippen molar-refractivity contribution >= 4 is 0 Å². The molecule has 72 valence electrons. The van der Waals surface area contributed by atoms with E-state index in [4.69, 9.17) is 0 Å². The molecule has 1 rings (SSSR count). The molecule has 0 unspecified atom stereocenters. The molecule has 13 heavy (non-hydrogen) atoms. The highest BCUT2D eigenvalue weighted by Crippen LogP contribution is 2.23. The molecule has 5 heteroatoms. The van der Waals surface area contributed by atoms with E-state index in [1.165, 1.54) is 6.92 Å². The molecule has 0 atom stereocenters. The summed E-state index contributed by atoms with van der Waals surface area (Å²) in [5.41, 5.74) is 0.0408. The van der Waals surface area contributed by atoms with Crippen molar-refractivity contribution in [1.82, 2.24) is 0 Å². The van der Waals surface area contributed by atoms with Crippen molar-refractivity contribution in [2.24, 2.45) is 0 Å². The average Bonchev–Trinajstić information content (AvgIpc) is 2.06. The molecular weight excluding hydrogens is 188 g/mol. The van der Waals surface area contributed by atoms with Crippen LogP contribution in [0.5, 0.6) is 5.75 Å². The fourth-order valence-electron chi connectivity index (χ4n) is 0.815. The topological polar surface area (TPSA) is 9.23 Å². The van der Waals surface area contributed by atoms with Gasteiger partial charge in [0.2, 0.25) is 5.82 Å². The Morgan fingerprint density at radius 2 is 1.77 bits per heavy atom. The van der Waals surface area contributed by atoms with Crippen molar-refractivity contribution in [3.05, 3.63) is 29.3 Å². The summed E-state index contributed by atoms with van der Waals surface area (Å²) in [6.45, 7) is -1.83. The summed E-state index contributed by atoms with van der Waals surface area (Å²) in [6.07, 6.45) is 0. The third-order valence-electron chi connectivity index (χ3n) is 1.46. The first-order valence-electron chi connectivity index (χ1n) is 3.41. The monoisotopic (exact) mass is 194 g/mol. The van der Waals surface area contributed by atoms with E-state index < -0.39 is 24.0 Å². The molecule has 0 aliphatic carbocycles. The van der Waals surface area contributed by atoms with Crippen molar-refractivity contribution in [3.8, 4) is 5.75 Å². The number of benzene rings is 1. The number of rotatable bonds is 2. The fourth-order valence-corrected chi connectivity index (χ4v) is 0.815. The molecule has 0 radical (unpaired) electrons. The summed E-state index contributed by atoms with van der Waals surface area (Å²) in [7, 11) is 0.